The summed E-state index contributed by atoms with van der Waals surface area (Å²) in [7, 11) is 0. The number of halogens is 1. The molecule has 0 unspecified atom stereocenters. The summed E-state index contributed by atoms with van der Waals surface area (Å²) in [4.78, 5) is 22.5. The zero-order valence-corrected chi connectivity index (χ0v) is 10.9. The maximum absolute atomic E-state index is 10.8. The number of aromatic nitrogens is 3. The summed E-state index contributed by atoms with van der Waals surface area (Å²) >= 11 is 3.25. The molecule has 0 saturated carbocycles. The van der Waals surface area contributed by atoms with E-state index in [0.717, 1.165) is 4.47 Å². The third kappa shape index (κ3) is 3.01. The molecule has 2 rings (SSSR count). The first kappa shape index (κ1) is 12.4. The van der Waals surface area contributed by atoms with Crippen LogP contribution >= 0.6 is 15.9 Å². The summed E-state index contributed by atoms with van der Waals surface area (Å²) in [5.41, 5.74) is 0.404. The van der Waals surface area contributed by atoms with E-state index in [9.17, 15) is 4.79 Å². The number of aromatic carboxylic acids is 1. The highest BCUT2D eigenvalue weighted by molar-refractivity contribution is 9.10. The zero-order valence-electron chi connectivity index (χ0n) is 9.29. The Morgan fingerprint density at radius 1 is 1.33 bits per heavy atom. The summed E-state index contributed by atoms with van der Waals surface area (Å²) < 4.78 is 6.09. The molecule has 0 bridgehead atoms. The van der Waals surface area contributed by atoms with Crippen LogP contribution in [-0.4, -0.2) is 26.0 Å². The van der Waals surface area contributed by atoms with Gasteiger partial charge in [0.05, 0.1) is 6.20 Å². The van der Waals surface area contributed by atoms with Gasteiger partial charge in [0, 0.05) is 16.4 Å². The van der Waals surface area contributed by atoms with Gasteiger partial charge >= 0.3 is 12.0 Å². The van der Waals surface area contributed by atoms with Crippen LogP contribution in [0.1, 0.15) is 16.2 Å². The Bertz CT molecular complexity index is 604. The van der Waals surface area contributed by atoms with Gasteiger partial charge in [0.25, 0.3) is 0 Å². The van der Waals surface area contributed by atoms with E-state index in [0.29, 0.717) is 11.4 Å². The Morgan fingerprint density at radius 2 is 2.11 bits per heavy atom. The Labute approximate surface area is 111 Å². The number of carboxylic acid groups (broad SMARTS) is 1. The van der Waals surface area contributed by atoms with E-state index in [4.69, 9.17) is 9.84 Å². The minimum atomic E-state index is -1.13. The smallest absolute Gasteiger partial charge is 0.354 e. The lowest BCUT2D eigenvalue weighted by Gasteiger charge is -2.05. The van der Waals surface area contributed by atoms with Crippen LogP contribution in [0.15, 0.2) is 29.0 Å². The third-order valence-corrected chi connectivity index (χ3v) is 2.38. The van der Waals surface area contributed by atoms with Crippen LogP contribution in [0.25, 0.3) is 0 Å². The van der Waals surface area contributed by atoms with E-state index >= 15 is 0 Å². The van der Waals surface area contributed by atoms with Gasteiger partial charge in [-0.2, -0.15) is 4.98 Å². The van der Waals surface area contributed by atoms with Crippen LogP contribution in [0.3, 0.4) is 0 Å². The molecule has 2 aromatic rings. The minimum Gasteiger partial charge on any atom is -0.477 e. The van der Waals surface area contributed by atoms with Crippen molar-refractivity contribution in [2.24, 2.45) is 0 Å². The molecule has 0 radical (unpaired) electrons. The third-order valence-electron chi connectivity index (χ3n) is 1.94. The SMILES string of the molecule is Cc1cc(C(=O)O)nc(Oc2cncc(Br)c2)n1. The molecule has 18 heavy (non-hydrogen) atoms. The van der Waals surface area contributed by atoms with Crippen molar-refractivity contribution in [1.29, 1.82) is 0 Å². The molecule has 0 spiro atoms. The van der Waals surface area contributed by atoms with E-state index in [2.05, 4.69) is 30.9 Å². The summed E-state index contributed by atoms with van der Waals surface area (Å²) in [5, 5.41) is 8.88. The number of hydrogen-bond acceptors (Lipinski definition) is 5. The first-order valence-electron chi connectivity index (χ1n) is 4.92. The summed E-state index contributed by atoms with van der Waals surface area (Å²) in [6.45, 7) is 1.67. The van der Waals surface area contributed by atoms with Crippen LogP contribution in [0, 0.1) is 6.92 Å². The van der Waals surface area contributed by atoms with E-state index in [1.54, 1.807) is 19.2 Å². The van der Waals surface area contributed by atoms with Gasteiger partial charge in [-0.15, -0.1) is 0 Å². The van der Waals surface area contributed by atoms with Crippen molar-refractivity contribution in [3.8, 4) is 11.8 Å². The summed E-state index contributed by atoms with van der Waals surface area (Å²) in [6.07, 6.45) is 3.09. The lowest BCUT2D eigenvalue weighted by atomic mass is 10.3. The normalized spacial score (nSPS) is 10.1. The highest BCUT2D eigenvalue weighted by Crippen LogP contribution is 2.20. The molecule has 0 atom stereocenters. The van der Waals surface area contributed by atoms with Crippen LogP contribution in [-0.2, 0) is 0 Å². The standard InChI is InChI=1S/C11H8BrN3O3/c1-6-2-9(10(16)17)15-11(14-6)18-8-3-7(12)4-13-5-8/h2-5H,1H3,(H,16,17). The lowest BCUT2D eigenvalue weighted by Crippen LogP contribution is -2.04. The van der Waals surface area contributed by atoms with Crippen LogP contribution in [0.2, 0.25) is 0 Å². The fourth-order valence-electron chi connectivity index (χ4n) is 1.25. The molecule has 0 amide bonds. The Kier molecular flexibility index (Phi) is 3.52. The second-order valence-corrected chi connectivity index (χ2v) is 4.34. The quantitative estimate of drug-likeness (QED) is 0.937. The van der Waals surface area contributed by atoms with Crippen molar-refractivity contribution < 1.29 is 14.6 Å². The second kappa shape index (κ2) is 5.09. The molecule has 0 fully saturated rings. The van der Waals surface area contributed by atoms with E-state index in [1.165, 1.54) is 12.3 Å². The average molecular weight is 310 g/mol. The number of pyridine rings is 1. The predicted octanol–water partition coefficient (Wildman–Crippen LogP) is 2.43. The number of carboxylic acids is 1. The Balaban J connectivity index is 2.31. The summed E-state index contributed by atoms with van der Waals surface area (Å²) in [6, 6.07) is 3.03. The maximum Gasteiger partial charge on any atom is 0.354 e. The number of nitrogens with zero attached hydrogens (tertiary/aromatic N) is 3. The summed E-state index contributed by atoms with van der Waals surface area (Å²) in [5.74, 6) is -0.705. The molecule has 0 aliphatic rings. The van der Waals surface area contributed by atoms with Crippen molar-refractivity contribution >= 4 is 21.9 Å². The fraction of sp³-hybridized carbons (Fsp3) is 0.0909. The lowest BCUT2D eigenvalue weighted by molar-refractivity contribution is 0.0689. The van der Waals surface area contributed by atoms with Gasteiger partial charge in [-0.05, 0) is 35.0 Å². The molecular formula is C11H8BrN3O3. The van der Waals surface area contributed by atoms with Crippen molar-refractivity contribution in [2.45, 2.75) is 6.92 Å². The maximum atomic E-state index is 10.8. The number of ether oxygens (including phenoxy) is 1. The molecule has 0 aromatic carbocycles. The molecule has 0 saturated heterocycles. The van der Waals surface area contributed by atoms with E-state index in [1.807, 2.05) is 0 Å². The van der Waals surface area contributed by atoms with Gasteiger partial charge < -0.3 is 9.84 Å². The fourth-order valence-corrected chi connectivity index (χ4v) is 1.59. The van der Waals surface area contributed by atoms with E-state index < -0.39 is 5.97 Å². The molecule has 0 aliphatic carbocycles. The van der Waals surface area contributed by atoms with Gasteiger partial charge in [-0.3, -0.25) is 4.98 Å². The molecular weight excluding hydrogens is 302 g/mol. The van der Waals surface area contributed by atoms with Crippen molar-refractivity contribution in [3.05, 3.63) is 40.4 Å². The number of hydrogen-bond donors (Lipinski definition) is 1. The highest BCUT2D eigenvalue weighted by atomic mass is 79.9. The number of rotatable bonds is 3. The van der Waals surface area contributed by atoms with Crippen LogP contribution < -0.4 is 4.74 Å². The van der Waals surface area contributed by atoms with Gasteiger partial charge in [-0.25, -0.2) is 9.78 Å². The van der Waals surface area contributed by atoms with Gasteiger partial charge in [-0.1, -0.05) is 0 Å². The van der Waals surface area contributed by atoms with E-state index in [-0.39, 0.29) is 11.7 Å². The van der Waals surface area contributed by atoms with Crippen molar-refractivity contribution in [2.75, 3.05) is 0 Å². The average Bonchev–Trinajstić information content (AvgIpc) is 2.28. The largest absolute Gasteiger partial charge is 0.477 e. The monoisotopic (exact) mass is 309 g/mol. The van der Waals surface area contributed by atoms with Gasteiger partial charge in [0.15, 0.2) is 11.4 Å². The second-order valence-electron chi connectivity index (χ2n) is 3.42. The van der Waals surface area contributed by atoms with Crippen molar-refractivity contribution in [1.82, 2.24) is 15.0 Å². The first-order valence-corrected chi connectivity index (χ1v) is 5.71. The number of carbonyl (C=O) groups is 1. The van der Waals surface area contributed by atoms with Gasteiger partial charge in [0.1, 0.15) is 0 Å². The molecule has 1 N–H and O–H groups in total. The van der Waals surface area contributed by atoms with Crippen molar-refractivity contribution in [3.63, 3.8) is 0 Å². The molecule has 6 nitrogen and oxygen atoms in total. The predicted molar refractivity (Wildman–Crippen MR) is 65.7 cm³/mol. The Morgan fingerprint density at radius 3 is 2.78 bits per heavy atom. The minimum absolute atomic E-state index is 0.0210. The van der Waals surface area contributed by atoms with Crippen LogP contribution in [0.4, 0.5) is 0 Å². The molecule has 2 heterocycles. The molecule has 2 aromatic heterocycles. The molecule has 92 valence electrons. The topological polar surface area (TPSA) is 85.2 Å². The number of aryl methyl sites for hydroxylation is 1. The van der Waals surface area contributed by atoms with Gasteiger partial charge in [0.2, 0.25) is 0 Å². The first-order chi connectivity index (χ1) is 8.54. The molecule has 7 heteroatoms. The van der Waals surface area contributed by atoms with Crippen LogP contribution in [0.5, 0.6) is 11.8 Å². The highest BCUT2D eigenvalue weighted by Gasteiger charge is 2.10. The zero-order chi connectivity index (χ0) is 13.1. The molecule has 0 aliphatic heterocycles. The Hall–Kier alpha value is -2.02.